The summed E-state index contributed by atoms with van der Waals surface area (Å²) in [6, 6.07) is 14.0. The van der Waals surface area contributed by atoms with Gasteiger partial charge in [-0.25, -0.2) is 4.39 Å². The maximum Gasteiger partial charge on any atom is 0.243 e. The molecule has 4 rings (SSSR count). The fraction of sp³-hybridized carbons (Fsp3) is 0.529. The van der Waals surface area contributed by atoms with Gasteiger partial charge in [-0.15, -0.1) is 0 Å². The number of hydrogen-bond donors (Lipinski definition) is 3. The van der Waals surface area contributed by atoms with E-state index in [0.29, 0.717) is 18.5 Å². The molecule has 2 saturated heterocycles. The molecule has 0 saturated carbocycles. The fourth-order valence-corrected chi connectivity index (χ4v) is 6.04. The van der Waals surface area contributed by atoms with E-state index in [0.717, 1.165) is 69.8 Å². The van der Waals surface area contributed by atoms with Crippen molar-refractivity contribution in [2.24, 2.45) is 0 Å². The van der Waals surface area contributed by atoms with Crippen LogP contribution in [0.1, 0.15) is 101 Å². The van der Waals surface area contributed by atoms with Gasteiger partial charge in [0.25, 0.3) is 0 Å². The normalized spacial score (nSPS) is 22.8. The van der Waals surface area contributed by atoms with Crippen LogP contribution in [0.2, 0.25) is 0 Å². The van der Waals surface area contributed by atoms with Gasteiger partial charge in [0.15, 0.2) is 0 Å². The lowest BCUT2D eigenvalue weighted by Crippen LogP contribution is -2.54. The third-order valence-electron chi connectivity index (χ3n) is 8.48. The molecule has 2 fully saturated rings. The molecule has 2 aliphatic heterocycles. The van der Waals surface area contributed by atoms with E-state index in [4.69, 9.17) is 0 Å². The summed E-state index contributed by atoms with van der Waals surface area (Å²) in [5.74, 6) is -1.88. The standard InChI is InChI=1S/C34H45FN4O4/c35-27-18-13-12-17-26(27)24-36-33(42)28-19-10-5-3-1-2-4-6-11-21-31(40)37-29(34(43)38-28)23-32(41)39-22-14-20-30(39)25-15-8-7-9-16-25/h7-9,12-13,15-18,28-30H,1-6,10-11,14,19-24H2,(H,36,42)(H,37,40)(H,38,43)/t28?,29?,30-/m1/s1. The lowest BCUT2D eigenvalue weighted by molar-refractivity contribution is -0.137. The Bertz CT molecular complexity index is 1220. The Morgan fingerprint density at radius 2 is 1.49 bits per heavy atom. The van der Waals surface area contributed by atoms with Crippen LogP contribution in [0.3, 0.4) is 0 Å². The minimum atomic E-state index is -1.10. The maximum atomic E-state index is 14.2. The number of nitrogens with one attached hydrogen (secondary N) is 3. The van der Waals surface area contributed by atoms with Crippen molar-refractivity contribution >= 4 is 23.6 Å². The van der Waals surface area contributed by atoms with Crippen molar-refractivity contribution in [2.75, 3.05) is 6.54 Å². The van der Waals surface area contributed by atoms with Gasteiger partial charge < -0.3 is 20.9 Å². The summed E-state index contributed by atoms with van der Waals surface area (Å²) in [5, 5.41) is 8.39. The molecule has 8 nitrogen and oxygen atoms in total. The highest BCUT2D eigenvalue weighted by Crippen LogP contribution is 2.32. The van der Waals surface area contributed by atoms with Crippen molar-refractivity contribution in [1.29, 1.82) is 0 Å². The van der Waals surface area contributed by atoms with E-state index in [-0.39, 0.29) is 37.2 Å². The SMILES string of the molecule is O=C1CCCCCCCCCCC(C(=O)NCc2ccccc2F)NC(=O)C(CC(=O)N2CCC[C@@H]2c2ccccc2)N1. The Hall–Kier alpha value is -3.75. The summed E-state index contributed by atoms with van der Waals surface area (Å²) in [4.78, 5) is 55.2. The third kappa shape index (κ3) is 9.90. The van der Waals surface area contributed by atoms with Gasteiger partial charge in [-0.1, -0.05) is 93.5 Å². The molecule has 3 atom stereocenters. The monoisotopic (exact) mass is 592 g/mol. The number of carbonyl (C=O) groups excluding carboxylic acids is 4. The largest absolute Gasteiger partial charge is 0.350 e. The highest BCUT2D eigenvalue weighted by atomic mass is 19.1. The molecule has 2 aliphatic rings. The van der Waals surface area contributed by atoms with Crippen LogP contribution in [0.4, 0.5) is 4.39 Å². The van der Waals surface area contributed by atoms with Crippen LogP contribution in [0.25, 0.3) is 0 Å². The van der Waals surface area contributed by atoms with Gasteiger partial charge >= 0.3 is 0 Å². The molecule has 43 heavy (non-hydrogen) atoms. The second-order valence-electron chi connectivity index (χ2n) is 11.7. The Labute approximate surface area is 254 Å². The molecule has 3 N–H and O–H groups in total. The summed E-state index contributed by atoms with van der Waals surface area (Å²) in [5.41, 5.74) is 1.40. The number of hydrogen-bond acceptors (Lipinski definition) is 4. The molecule has 2 aromatic rings. The number of likely N-dealkylation sites (tertiary alicyclic amines) is 1. The van der Waals surface area contributed by atoms with E-state index in [1.54, 1.807) is 23.1 Å². The summed E-state index contributed by atoms with van der Waals surface area (Å²) in [7, 11) is 0. The zero-order valence-corrected chi connectivity index (χ0v) is 25.0. The van der Waals surface area contributed by atoms with Crippen LogP contribution in [-0.4, -0.2) is 47.2 Å². The first-order valence-corrected chi connectivity index (χ1v) is 15.9. The minimum Gasteiger partial charge on any atom is -0.350 e. The smallest absolute Gasteiger partial charge is 0.243 e. The van der Waals surface area contributed by atoms with E-state index >= 15 is 0 Å². The van der Waals surface area contributed by atoms with Crippen molar-refractivity contribution < 1.29 is 23.6 Å². The van der Waals surface area contributed by atoms with Gasteiger partial charge in [0.1, 0.15) is 17.9 Å². The first-order valence-electron chi connectivity index (χ1n) is 15.9. The van der Waals surface area contributed by atoms with Gasteiger partial charge in [-0.2, -0.15) is 0 Å². The van der Waals surface area contributed by atoms with E-state index in [9.17, 15) is 23.6 Å². The summed E-state index contributed by atoms with van der Waals surface area (Å²) in [6.45, 7) is 0.577. The summed E-state index contributed by atoms with van der Waals surface area (Å²) in [6.07, 6.45) is 9.80. The molecule has 232 valence electrons. The number of carbonyl (C=O) groups is 4. The second-order valence-corrected chi connectivity index (χ2v) is 11.7. The molecule has 0 aromatic heterocycles. The molecule has 0 bridgehead atoms. The molecular formula is C34H45FN4O4. The highest BCUT2D eigenvalue weighted by molar-refractivity contribution is 5.95. The van der Waals surface area contributed by atoms with Crippen LogP contribution in [0.15, 0.2) is 54.6 Å². The molecule has 0 aliphatic carbocycles. The molecule has 4 amide bonds. The molecule has 2 unspecified atom stereocenters. The van der Waals surface area contributed by atoms with Crippen molar-refractivity contribution in [3.05, 3.63) is 71.5 Å². The van der Waals surface area contributed by atoms with Crippen LogP contribution >= 0.6 is 0 Å². The quantitative estimate of drug-likeness (QED) is 0.435. The average Bonchev–Trinajstić information content (AvgIpc) is 3.51. The van der Waals surface area contributed by atoms with Crippen molar-refractivity contribution in [3.8, 4) is 0 Å². The Balaban J connectivity index is 1.48. The predicted octanol–water partition coefficient (Wildman–Crippen LogP) is 5.08. The van der Waals surface area contributed by atoms with Gasteiger partial charge in [-0.05, 0) is 37.3 Å². The maximum absolute atomic E-state index is 14.2. The summed E-state index contributed by atoms with van der Waals surface area (Å²) >= 11 is 0. The Kier molecular flexibility index (Phi) is 12.5. The van der Waals surface area contributed by atoms with Crippen LogP contribution in [0.5, 0.6) is 0 Å². The van der Waals surface area contributed by atoms with Crippen molar-refractivity contribution in [3.63, 3.8) is 0 Å². The molecule has 9 heteroatoms. The third-order valence-corrected chi connectivity index (χ3v) is 8.48. The highest BCUT2D eigenvalue weighted by Gasteiger charge is 2.34. The number of amides is 4. The average molecular weight is 593 g/mol. The van der Waals surface area contributed by atoms with Crippen LogP contribution in [-0.2, 0) is 25.7 Å². The molecule has 0 radical (unpaired) electrons. The lowest BCUT2D eigenvalue weighted by Gasteiger charge is -2.28. The molecular weight excluding hydrogens is 547 g/mol. The molecule has 2 aromatic carbocycles. The molecule has 0 spiro atoms. The number of rotatable bonds is 6. The summed E-state index contributed by atoms with van der Waals surface area (Å²) < 4.78 is 14.2. The minimum absolute atomic E-state index is 0.00758. The van der Waals surface area contributed by atoms with Crippen molar-refractivity contribution in [2.45, 2.75) is 108 Å². The first kappa shape index (κ1) is 32.2. The van der Waals surface area contributed by atoms with Gasteiger partial charge in [0.05, 0.1) is 12.5 Å². The first-order chi connectivity index (χ1) is 20.9. The Morgan fingerprint density at radius 3 is 2.23 bits per heavy atom. The predicted molar refractivity (Wildman–Crippen MR) is 163 cm³/mol. The van der Waals surface area contributed by atoms with Gasteiger partial charge in [0, 0.05) is 25.1 Å². The van der Waals surface area contributed by atoms with E-state index in [1.165, 1.54) is 6.07 Å². The zero-order chi connectivity index (χ0) is 30.4. The van der Waals surface area contributed by atoms with Gasteiger partial charge in [-0.3, -0.25) is 19.2 Å². The second kappa shape index (κ2) is 16.8. The van der Waals surface area contributed by atoms with E-state index < -0.39 is 29.7 Å². The number of nitrogens with zero attached hydrogens (tertiary/aromatic N) is 1. The van der Waals surface area contributed by atoms with E-state index in [2.05, 4.69) is 16.0 Å². The fourth-order valence-electron chi connectivity index (χ4n) is 6.04. The zero-order valence-electron chi connectivity index (χ0n) is 25.0. The van der Waals surface area contributed by atoms with E-state index in [1.807, 2.05) is 30.3 Å². The number of benzene rings is 2. The number of halogens is 1. The van der Waals surface area contributed by atoms with Crippen LogP contribution in [0, 0.1) is 5.82 Å². The Morgan fingerprint density at radius 1 is 0.814 bits per heavy atom. The lowest BCUT2D eigenvalue weighted by atomic mass is 10.0. The van der Waals surface area contributed by atoms with Gasteiger partial charge in [0.2, 0.25) is 23.6 Å². The molecule has 2 heterocycles. The van der Waals surface area contributed by atoms with Crippen LogP contribution < -0.4 is 16.0 Å². The topological polar surface area (TPSA) is 108 Å². The van der Waals surface area contributed by atoms with Crippen molar-refractivity contribution in [1.82, 2.24) is 20.9 Å².